The Balaban J connectivity index is 2.01. The molecule has 2 rings (SSSR count). The Bertz CT molecular complexity index is 378. The lowest BCUT2D eigenvalue weighted by atomic mass is 10.2. The van der Waals surface area contributed by atoms with Crippen LogP contribution in [0.1, 0.15) is 10.4 Å². The normalized spacial score (nSPS) is 14.9. The lowest BCUT2D eigenvalue weighted by Crippen LogP contribution is -2.42. The summed E-state index contributed by atoms with van der Waals surface area (Å²) in [4.78, 5) is 22.6. The predicted octanol–water partition coefficient (Wildman–Crippen LogP) is 0.784. The minimum Gasteiger partial charge on any atom is -0.446 e. The van der Waals surface area contributed by atoms with Crippen molar-refractivity contribution in [2.45, 2.75) is 0 Å². The van der Waals surface area contributed by atoms with Gasteiger partial charge in [0.25, 0.3) is 5.91 Å². The highest BCUT2D eigenvalue weighted by atomic mass is 16.6. The fourth-order valence-electron chi connectivity index (χ4n) is 1.27. The van der Waals surface area contributed by atoms with Gasteiger partial charge in [-0.05, 0) is 12.1 Å². The average molecular weight is 206 g/mol. The number of cyclic esters (lactones) is 1. The average Bonchev–Trinajstić information content (AvgIpc) is 2.66. The number of carbonyl (C=O) groups excluding carboxylic acids is 2. The van der Waals surface area contributed by atoms with E-state index in [1.807, 2.05) is 6.07 Å². The highest BCUT2D eigenvalue weighted by molar-refractivity contribution is 5.94. The van der Waals surface area contributed by atoms with Crippen molar-refractivity contribution in [1.29, 1.82) is 0 Å². The third kappa shape index (κ3) is 2.07. The summed E-state index contributed by atoms with van der Waals surface area (Å²) in [5, 5.41) is 1.16. The van der Waals surface area contributed by atoms with Crippen molar-refractivity contribution in [3.05, 3.63) is 35.9 Å². The number of amides is 2. The molecule has 0 aromatic heterocycles. The molecule has 0 radical (unpaired) electrons. The van der Waals surface area contributed by atoms with E-state index in [1.165, 1.54) is 0 Å². The van der Waals surface area contributed by atoms with Crippen LogP contribution in [-0.4, -0.2) is 30.2 Å². The molecule has 5 nitrogen and oxygen atoms in total. The first kappa shape index (κ1) is 9.51. The van der Waals surface area contributed by atoms with Crippen molar-refractivity contribution >= 4 is 12.0 Å². The number of nitrogens with one attached hydrogen (secondary N) is 1. The number of nitrogens with zero attached hydrogens (tertiary/aromatic N) is 1. The van der Waals surface area contributed by atoms with Gasteiger partial charge in [-0.3, -0.25) is 10.2 Å². The third-order valence-corrected chi connectivity index (χ3v) is 2.03. The maximum Gasteiger partial charge on any atom is 0.428 e. The second-order valence-electron chi connectivity index (χ2n) is 3.07. The topological polar surface area (TPSA) is 58.6 Å². The van der Waals surface area contributed by atoms with Crippen molar-refractivity contribution in [3.63, 3.8) is 0 Å². The van der Waals surface area contributed by atoms with E-state index in [4.69, 9.17) is 0 Å². The molecule has 5 heteroatoms. The zero-order valence-electron chi connectivity index (χ0n) is 7.97. The van der Waals surface area contributed by atoms with Crippen molar-refractivity contribution < 1.29 is 14.3 Å². The molecule has 1 saturated heterocycles. The third-order valence-electron chi connectivity index (χ3n) is 2.03. The van der Waals surface area contributed by atoms with Gasteiger partial charge in [0.05, 0.1) is 6.54 Å². The molecule has 2 amide bonds. The van der Waals surface area contributed by atoms with Gasteiger partial charge in [-0.2, -0.15) is 0 Å². The Morgan fingerprint density at radius 2 is 2.07 bits per heavy atom. The van der Waals surface area contributed by atoms with E-state index in [9.17, 15) is 9.59 Å². The summed E-state index contributed by atoms with van der Waals surface area (Å²) in [7, 11) is 0. The van der Waals surface area contributed by atoms with Gasteiger partial charge in [0.1, 0.15) is 6.61 Å². The van der Waals surface area contributed by atoms with Gasteiger partial charge in [-0.15, -0.1) is 0 Å². The minimum atomic E-state index is -0.515. The Hall–Kier alpha value is -2.04. The first-order valence-electron chi connectivity index (χ1n) is 4.58. The minimum absolute atomic E-state index is 0.311. The van der Waals surface area contributed by atoms with Crippen LogP contribution in [0.5, 0.6) is 0 Å². The molecule has 0 bridgehead atoms. The van der Waals surface area contributed by atoms with Crippen LogP contribution in [0.4, 0.5) is 4.79 Å². The lowest BCUT2D eigenvalue weighted by molar-refractivity contribution is 0.0831. The second-order valence-corrected chi connectivity index (χ2v) is 3.07. The summed E-state index contributed by atoms with van der Waals surface area (Å²) in [5.41, 5.74) is 2.98. The van der Waals surface area contributed by atoms with Gasteiger partial charge in [-0.1, -0.05) is 18.2 Å². The molecule has 0 aliphatic carbocycles. The van der Waals surface area contributed by atoms with Crippen LogP contribution in [0.3, 0.4) is 0 Å². The zero-order chi connectivity index (χ0) is 10.7. The first-order valence-corrected chi connectivity index (χ1v) is 4.58. The van der Waals surface area contributed by atoms with E-state index in [0.717, 1.165) is 5.01 Å². The van der Waals surface area contributed by atoms with Gasteiger partial charge in [0.2, 0.25) is 0 Å². The SMILES string of the molecule is O=C(NN1CCOC1=O)c1ccccc1. The van der Waals surface area contributed by atoms with Crippen molar-refractivity contribution in [2.24, 2.45) is 0 Å². The molecule has 1 fully saturated rings. The highest BCUT2D eigenvalue weighted by Crippen LogP contribution is 2.02. The molecular weight excluding hydrogens is 196 g/mol. The Morgan fingerprint density at radius 1 is 1.33 bits per heavy atom. The molecule has 1 aliphatic heterocycles. The van der Waals surface area contributed by atoms with Crippen molar-refractivity contribution in [3.8, 4) is 0 Å². The lowest BCUT2D eigenvalue weighted by Gasteiger charge is -2.13. The van der Waals surface area contributed by atoms with E-state index in [0.29, 0.717) is 18.7 Å². The van der Waals surface area contributed by atoms with Crippen LogP contribution in [0.15, 0.2) is 30.3 Å². The number of carbonyl (C=O) groups is 2. The maximum atomic E-state index is 11.6. The monoisotopic (exact) mass is 206 g/mol. The van der Waals surface area contributed by atoms with Gasteiger partial charge >= 0.3 is 6.09 Å². The van der Waals surface area contributed by atoms with Crippen LogP contribution >= 0.6 is 0 Å². The second kappa shape index (κ2) is 4.00. The van der Waals surface area contributed by atoms with Crippen molar-refractivity contribution in [2.75, 3.05) is 13.2 Å². The number of hydrogen-bond acceptors (Lipinski definition) is 3. The van der Waals surface area contributed by atoms with Crippen LogP contribution in [0.2, 0.25) is 0 Å². The van der Waals surface area contributed by atoms with E-state index in [-0.39, 0.29) is 5.91 Å². The summed E-state index contributed by atoms with van der Waals surface area (Å²) >= 11 is 0. The zero-order valence-corrected chi connectivity index (χ0v) is 7.97. The fourth-order valence-corrected chi connectivity index (χ4v) is 1.27. The molecule has 78 valence electrons. The van der Waals surface area contributed by atoms with Crippen LogP contribution < -0.4 is 5.43 Å². The Morgan fingerprint density at radius 3 is 2.67 bits per heavy atom. The van der Waals surface area contributed by atoms with Crippen molar-refractivity contribution in [1.82, 2.24) is 10.4 Å². The van der Waals surface area contributed by atoms with Crippen LogP contribution in [0.25, 0.3) is 0 Å². The summed E-state index contributed by atoms with van der Waals surface area (Å²) in [5.74, 6) is -0.311. The largest absolute Gasteiger partial charge is 0.446 e. The smallest absolute Gasteiger partial charge is 0.428 e. The molecule has 1 aliphatic rings. The number of ether oxygens (including phenoxy) is 1. The standard InChI is InChI=1S/C10H10N2O3/c13-9(8-4-2-1-3-5-8)11-12-6-7-15-10(12)14/h1-5H,6-7H2,(H,11,13). The number of benzene rings is 1. The van der Waals surface area contributed by atoms with Gasteiger partial charge in [-0.25, -0.2) is 9.80 Å². The van der Waals surface area contributed by atoms with E-state index >= 15 is 0 Å². The Labute approximate surface area is 86.6 Å². The van der Waals surface area contributed by atoms with Gasteiger partial charge in [0, 0.05) is 5.56 Å². The Kier molecular flexibility index (Phi) is 2.53. The summed E-state index contributed by atoms with van der Waals surface area (Å²) in [6.45, 7) is 0.700. The molecule has 15 heavy (non-hydrogen) atoms. The van der Waals surface area contributed by atoms with Gasteiger partial charge < -0.3 is 4.74 Å². The molecule has 0 saturated carbocycles. The van der Waals surface area contributed by atoms with Crippen LogP contribution in [-0.2, 0) is 4.74 Å². The summed E-state index contributed by atoms with van der Waals surface area (Å²) in [6.07, 6.45) is -0.515. The molecule has 0 atom stereocenters. The quantitative estimate of drug-likeness (QED) is 0.778. The number of rotatable bonds is 2. The predicted molar refractivity (Wildman–Crippen MR) is 52.0 cm³/mol. The van der Waals surface area contributed by atoms with E-state index < -0.39 is 6.09 Å². The molecule has 0 spiro atoms. The first-order chi connectivity index (χ1) is 7.27. The summed E-state index contributed by atoms with van der Waals surface area (Å²) < 4.78 is 4.67. The molecule has 1 heterocycles. The molecule has 0 unspecified atom stereocenters. The fraction of sp³-hybridized carbons (Fsp3) is 0.200. The molecule has 1 aromatic carbocycles. The van der Waals surface area contributed by atoms with Crippen LogP contribution in [0, 0.1) is 0 Å². The number of hydrazine groups is 1. The number of hydrogen-bond donors (Lipinski definition) is 1. The molecular formula is C10H10N2O3. The van der Waals surface area contributed by atoms with E-state index in [1.54, 1.807) is 24.3 Å². The molecule has 1 N–H and O–H groups in total. The highest BCUT2D eigenvalue weighted by Gasteiger charge is 2.23. The summed E-state index contributed by atoms with van der Waals surface area (Å²) in [6, 6.07) is 8.70. The van der Waals surface area contributed by atoms with E-state index in [2.05, 4.69) is 10.2 Å². The maximum absolute atomic E-state index is 11.6. The molecule has 1 aromatic rings. The van der Waals surface area contributed by atoms with Gasteiger partial charge in [0.15, 0.2) is 0 Å².